The number of amides is 1. The average Bonchev–Trinajstić information content (AvgIpc) is 2.70. The van der Waals surface area contributed by atoms with E-state index in [0.717, 1.165) is 25.7 Å². The Morgan fingerprint density at radius 2 is 1.71 bits per heavy atom. The monoisotopic (exact) mass is 432 g/mol. The summed E-state index contributed by atoms with van der Waals surface area (Å²) >= 11 is 0. The van der Waals surface area contributed by atoms with Crippen molar-refractivity contribution in [3.8, 4) is 0 Å². The van der Waals surface area contributed by atoms with Gasteiger partial charge in [-0.15, -0.1) is 0 Å². The normalized spacial score (nSPS) is 23.6. The van der Waals surface area contributed by atoms with Gasteiger partial charge in [-0.2, -0.15) is 0 Å². The van der Waals surface area contributed by atoms with Crippen molar-refractivity contribution in [1.82, 2.24) is 5.32 Å². The minimum Gasteiger partial charge on any atom is -0.481 e. The highest BCUT2D eigenvalue weighted by Gasteiger charge is 2.45. The van der Waals surface area contributed by atoms with Gasteiger partial charge in [-0.05, 0) is 54.2 Å². The summed E-state index contributed by atoms with van der Waals surface area (Å²) in [6.45, 7) is 10.4. The highest BCUT2D eigenvalue weighted by atomic mass is 16.4. The molecule has 6 heteroatoms. The van der Waals surface area contributed by atoms with Crippen molar-refractivity contribution in [1.29, 1.82) is 0 Å². The molecule has 0 aliphatic heterocycles. The van der Waals surface area contributed by atoms with Crippen LogP contribution in [0.3, 0.4) is 0 Å². The van der Waals surface area contributed by atoms with Gasteiger partial charge in [0.05, 0.1) is 12.5 Å². The van der Waals surface area contributed by atoms with E-state index in [4.69, 9.17) is 5.73 Å². The number of hydrogen-bond donors (Lipinski definition) is 4. The van der Waals surface area contributed by atoms with E-state index >= 15 is 0 Å². The molecule has 6 nitrogen and oxygen atoms in total. The number of carboxylic acids is 1. The average molecular weight is 433 g/mol. The first-order valence-electron chi connectivity index (χ1n) is 11.6. The number of hydrogen-bond acceptors (Lipinski definition) is 4. The summed E-state index contributed by atoms with van der Waals surface area (Å²) in [6, 6.07) is 5.39. The van der Waals surface area contributed by atoms with Crippen molar-refractivity contribution in [3.63, 3.8) is 0 Å². The summed E-state index contributed by atoms with van der Waals surface area (Å²) in [6.07, 6.45) is 2.63. The number of nitrogens with one attached hydrogen (secondary N) is 1. The summed E-state index contributed by atoms with van der Waals surface area (Å²) in [5.74, 6) is -0.622. The maximum Gasteiger partial charge on any atom is 0.303 e. The lowest BCUT2D eigenvalue weighted by Crippen LogP contribution is -2.52. The number of aliphatic carboxylic acids is 1. The van der Waals surface area contributed by atoms with Crippen LogP contribution in [-0.4, -0.2) is 40.8 Å². The van der Waals surface area contributed by atoms with Gasteiger partial charge in [0, 0.05) is 12.0 Å². The van der Waals surface area contributed by atoms with Crippen LogP contribution in [0.5, 0.6) is 0 Å². The molecule has 1 fully saturated rings. The van der Waals surface area contributed by atoms with Crippen LogP contribution in [0.2, 0.25) is 0 Å². The van der Waals surface area contributed by atoms with Gasteiger partial charge in [-0.3, -0.25) is 9.59 Å². The van der Waals surface area contributed by atoms with Gasteiger partial charge in [-0.25, -0.2) is 0 Å². The molecule has 5 N–H and O–H groups in total. The van der Waals surface area contributed by atoms with E-state index in [0.29, 0.717) is 11.8 Å². The Balaban J connectivity index is 2.55. The summed E-state index contributed by atoms with van der Waals surface area (Å²) in [5, 5.41) is 22.4. The zero-order valence-corrected chi connectivity index (χ0v) is 19.6. The lowest BCUT2D eigenvalue weighted by atomic mass is 9.59. The third-order valence-electron chi connectivity index (χ3n) is 6.86. The molecule has 1 amide bonds. The van der Waals surface area contributed by atoms with Gasteiger partial charge in [0.2, 0.25) is 5.91 Å². The summed E-state index contributed by atoms with van der Waals surface area (Å²) < 4.78 is 0. The van der Waals surface area contributed by atoms with Crippen LogP contribution in [0.4, 0.5) is 0 Å². The second-order valence-corrected chi connectivity index (χ2v) is 9.87. The highest BCUT2D eigenvalue weighted by Crippen LogP contribution is 2.52. The summed E-state index contributed by atoms with van der Waals surface area (Å²) in [4.78, 5) is 24.5. The Labute approximate surface area is 186 Å². The highest BCUT2D eigenvalue weighted by molar-refractivity contribution is 5.82. The molecule has 0 heterocycles. The minimum absolute atomic E-state index is 0.00811. The zero-order valence-electron chi connectivity index (χ0n) is 19.6. The van der Waals surface area contributed by atoms with Gasteiger partial charge in [-0.1, -0.05) is 58.7 Å². The topological polar surface area (TPSA) is 113 Å². The molecule has 0 radical (unpaired) electrons. The maximum absolute atomic E-state index is 12.5. The summed E-state index contributed by atoms with van der Waals surface area (Å²) in [5.41, 5.74) is 9.02. The molecule has 0 spiro atoms. The Morgan fingerprint density at radius 3 is 2.19 bits per heavy atom. The maximum atomic E-state index is 12.5. The van der Waals surface area contributed by atoms with Crippen LogP contribution in [0, 0.1) is 5.41 Å². The van der Waals surface area contributed by atoms with Gasteiger partial charge in [0.25, 0.3) is 0 Å². The van der Waals surface area contributed by atoms with Crippen LogP contribution < -0.4 is 11.1 Å². The SMILES string of the molecule is CC(C)c1cccc(C(C)C)c1C1CCCCC1(CNC(=O)[C@@H](N)[C@@H](C)O)CC(=O)O. The van der Waals surface area contributed by atoms with Gasteiger partial charge in [0.1, 0.15) is 6.04 Å². The lowest BCUT2D eigenvalue weighted by Gasteiger charge is -2.46. The first-order valence-corrected chi connectivity index (χ1v) is 11.6. The van der Waals surface area contributed by atoms with Crippen molar-refractivity contribution >= 4 is 11.9 Å². The van der Waals surface area contributed by atoms with Crippen molar-refractivity contribution in [3.05, 3.63) is 34.9 Å². The van der Waals surface area contributed by atoms with E-state index in [1.165, 1.54) is 23.6 Å². The Kier molecular flexibility index (Phi) is 8.66. The third-order valence-corrected chi connectivity index (χ3v) is 6.86. The second-order valence-electron chi connectivity index (χ2n) is 9.87. The number of rotatable bonds is 9. The third kappa shape index (κ3) is 5.86. The molecule has 0 aromatic heterocycles. The molecular weight excluding hydrogens is 392 g/mol. The van der Waals surface area contributed by atoms with Gasteiger partial charge in [0.15, 0.2) is 0 Å². The van der Waals surface area contributed by atoms with Crippen LogP contribution in [-0.2, 0) is 9.59 Å². The molecule has 1 aromatic carbocycles. The smallest absolute Gasteiger partial charge is 0.303 e. The number of carbonyl (C=O) groups excluding carboxylic acids is 1. The standard InChI is InChI=1S/C25H40N2O4/c1-15(2)18-9-8-10-19(16(3)4)22(18)20-11-6-7-12-25(20,13-21(29)30)14-27-24(31)23(26)17(5)28/h8-10,15-17,20,23,28H,6-7,11-14,26H2,1-5H3,(H,27,31)(H,29,30)/t17-,20?,23+,25?/m1/s1. The molecule has 0 saturated heterocycles. The molecule has 2 unspecified atom stereocenters. The fourth-order valence-corrected chi connectivity index (χ4v) is 5.15. The molecule has 2 rings (SSSR count). The molecule has 174 valence electrons. The molecular formula is C25H40N2O4. The van der Waals surface area contributed by atoms with E-state index in [9.17, 15) is 19.8 Å². The number of carboxylic acid groups (broad SMARTS) is 1. The van der Waals surface area contributed by atoms with Gasteiger partial charge < -0.3 is 21.3 Å². The quantitative estimate of drug-likeness (QED) is 0.473. The van der Waals surface area contributed by atoms with E-state index in [-0.39, 0.29) is 18.9 Å². The van der Waals surface area contributed by atoms with Crippen molar-refractivity contribution in [2.75, 3.05) is 6.54 Å². The van der Waals surface area contributed by atoms with E-state index in [1.54, 1.807) is 0 Å². The molecule has 1 aliphatic rings. The van der Waals surface area contributed by atoms with E-state index in [2.05, 4.69) is 51.2 Å². The fraction of sp³-hybridized carbons (Fsp3) is 0.680. The Morgan fingerprint density at radius 1 is 1.13 bits per heavy atom. The number of carbonyl (C=O) groups is 2. The lowest BCUT2D eigenvalue weighted by molar-refractivity contribution is -0.141. The second kappa shape index (κ2) is 10.6. The van der Waals surface area contributed by atoms with E-state index < -0.39 is 29.4 Å². The Bertz CT molecular complexity index is 749. The molecule has 1 aliphatic carbocycles. The first kappa shape index (κ1) is 25.3. The molecule has 1 saturated carbocycles. The van der Waals surface area contributed by atoms with Crippen LogP contribution in [0.25, 0.3) is 0 Å². The largest absolute Gasteiger partial charge is 0.481 e. The molecule has 1 aromatic rings. The molecule has 0 bridgehead atoms. The predicted molar refractivity (Wildman–Crippen MR) is 123 cm³/mol. The number of aliphatic hydroxyl groups excluding tert-OH is 1. The fourth-order valence-electron chi connectivity index (χ4n) is 5.15. The number of aliphatic hydroxyl groups is 1. The van der Waals surface area contributed by atoms with Crippen molar-refractivity contribution in [2.45, 2.75) is 96.6 Å². The zero-order chi connectivity index (χ0) is 23.3. The van der Waals surface area contributed by atoms with Crippen molar-refractivity contribution in [2.24, 2.45) is 11.1 Å². The minimum atomic E-state index is -1.03. The van der Waals surface area contributed by atoms with Gasteiger partial charge >= 0.3 is 5.97 Å². The Hall–Kier alpha value is -1.92. The molecule has 31 heavy (non-hydrogen) atoms. The van der Waals surface area contributed by atoms with Crippen molar-refractivity contribution < 1.29 is 19.8 Å². The molecule has 4 atom stereocenters. The van der Waals surface area contributed by atoms with Crippen LogP contribution in [0.15, 0.2) is 18.2 Å². The first-order chi connectivity index (χ1) is 14.5. The summed E-state index contributed by atoms with van der Waals surface area (Å²) in [7, 11) is 0. The number of nitrogens with two attached hydrogens (primary N) is 1. The number of benzene rings is 1. The van der Waals surface area contributed by atoms with Crippen LogP contribution in [0.1, 0.15) is 101 Å². The predicted octanol–water partition coefficient (Wildman–Crippen LogP) is 3.88. The van der Waals surface area contributed by atoms with Crippen LogP contribution >= 0.6 is 0 Å². The van der Waals surface area contributed by atoms with E-state index in [1.807, 2.05) is 0 Å².